The van der Waals surface area contributed by atoms with Gasteiger partial charge in [0.2, 0.25) is 0 Å². The molecule has 1 aromatic rings. The van der Waals surface area contributed by atoms with Gasteiger partial charge in [0.05, 0.1) is 13.2 Å². The summed E-state index contributed by atoms with van der Waals surface area (Å²) in [6.07, 6.45) is 4.99. The molecule has 0 bridgehead atoms. The quantitative estimate of drug-likeness (QED) is 0.842. The van der Waals surface area contributed by atoms with Crippen molar-refractivity contribution in [2.45, 2.75) is 50.7 Å². The number of ether oxygens (including phenoxy) is 2. The number of fused-ring (bicyclic) bond motifs is 1. The lowest BCUT2D eigenvalue weighted by molar-refractivity contribution is -0.0718. The maximum Gasteiger partial charge on any atom is 0.129 e. The lowest BCUT2D eigenvalue weighted by Crippen LogP contribution is -2.48. The van der Waals surface area contributed by atoms with Crippen molar-refractivity contribution in [2.24, 2.45) is 5.92 Å². The van der Waals surface area contributed by atoms with Gasteiger partial charge in [-0.25, -0.2) is 0 Å². The molecular formula is C16H22O3. The second-order valence-corrected chi connectivity index (χ2v) is 5.94. The van der Waals surface area contributed by atoms with Crippen LogP contribution in [0, 0.1) is 5.92 Å². The van der Waals surface area contributed by atoms with Gasteiger partial charge in [0.25, 0.3) is 0 Å². The average Bonchev–Trinajstić information content (AvgIpc) is 2.41. The third-order valence-corrected chi connectivity index (χ3v) is 4.82. The molecule has 1 aliphatic heterocycles. The van der Waals surface area contributed by atoms with Crippen LogP contribution in [-0.2, 0) is 0 Å². The summed E-state index contributed by atoms with van der Waals surface area (Å²) in [4.78, 5) is 0. The van der Waals surface area contributed by atoms with Crippen LogP contribution in [0.15, 0.2) is 18.2 Å². The molecule has 3 unspecified atom stereocenters. The zero-order valence-electron chi connectivity index (χ0n) is 11.7. The number of benzene rings is 1. The molecule has 1 aromatic carbocycles. The summed E-state index contributed by atoms with van der Waals surface area (Å²) < 4.78 is 11.6. The van der Waals surface area contributed by atoms with E-state index in [4.69, 9.17) is 9.47 Å². The van der Waals surface area contributed by atoms with Gasteiger partial charge < -0.3 is 14.6 Å². The highest BCUT2D eigenvalue weighted by atomic mass is 16.5. The summed E-state index contributed by atoms with van der Waals surface area (Å²) in [7, 11) is 1.65. The standard InChI is InChI=1S/C16H22O3/c1-11-5-3-4-8-16(11)10-14(17)13-7-6-12(18-2)9-15(13)19-16/h6-7,9,11,14,17H,3-5,8,10H2,1-2H3. The number of aliphatic hydroxyl groups is 1. The van der Waals surface area contributed by atoms with Gasteiger partial charge in [0.15, 0.2) is 0 Å². The molecule has 1 aliphatic carbocycles. The molecule has 1 N–H and O–H groups in total. The van der Waals surface area contributed by atoms with Gasteiger partial charge >= 0.3 is 0 Å². The second kappa shape index (κ2) is 4.71. The average molecular weight is 262 g/mol. The van der Waals surface area contributed by atoms with Crippen LogP contribution in [0.4, 0.5) is 0 Å². The van der Waals surface area contributed by atoms with Crippen LogP contribution in [0.25, 0.3) is 0 Å². The molecule has 1 fully saturated rings. The van der Waals surface area contributed by atoms with Crippen LogP contribution in [0.5, 0.6) is 11.5 Å². The van der Waals surface area contributed by atoms with E-state index in [1.54, 1.807) is 7.11 Å². The zero-order chi connectivity index (χ0) is 13.5. The zero-order valence-corrected chi connectivity index (χ0v) is 11.7. The predicted octanol–water partition coefficient (Wildman–Crippen LogP) is 3.46. The minimum atomic E-state index is -0.421. The minimum Gasteiger partial charge on any atom is -0.497 e. The van der Waals surface area contributed by atoms with Gasteiger partial charge in [-0.2, -0.15) is 0 Å². The highest BCUT2D eigenvalue weighted by Gasteiger charge is 2.45. The Labute approximate surface area is 114 Å². The van der Waals surface area contributed by atoms with Crippen molar-refractivity contribution < 1.29 is 14.6 Å². The van der Waals surface area contributed by atoms with E-state index in [0.717, 1.165) is 23.5 Å². The van der Waals surface area contributed by atoms with Gasteiger partial charge in [-0.3, -0.25) is 0 Å². The third kappa shape index (κ3) is 2.10. The molecule has 1 heterocycles. The number of methoxy groups -OCH3 is 1. The van der Waals surface area contributed by atoms with Crippen molar-refractivity contribution in [3.63, 3.8) is 0 Å². The Morgan fingerprint density at radius 3 is 2.95 bits per heavy atom. The number of hydrogen-bond donors (Lipinski definition) is 1. The fourth-order valence-corrected chi connectivity index (χ4v) is 3.54. The molecule has 0 saturated heterocycles. The normalized spacial score (nSPS) is 33.6. The molecule has 0 amide bonds. The molecule has 3 heteroatoms. The smallest absolute Gasteiger partial charge is 0.129 e. The predicted molar refractivity (Wildman–Crippen MR) is 73.6 cm³/mol. The fourth-order valence-electron chi connectivity index (χ4n) is 3.54. The van der Waals surface area contributed by atoms with E-state index in [1.807, 2.05) is 18.2 Å². The lowest BCUT2D eigenvalue weighted by Gasteiger charge is -2.47. The van der Waals surface area contributed by atoms with Crippen molar-refractivity contribution in [2.75, 3.05) is 7.11 Å². The Morgan fingerprint density at radius 1 is 1.37 bits per heavy atom. The Morgan fingerprint density at radius 2 is 2.21 bits per heavy atom. The van der Waals surface area contributed by atoms with E-state index in [1.165, 1.54) is 19.3 Å². The SMILES string of the molecule is COc1ccc2c(c1)OC1(CCCCC1C)CC2O. The first-order valence-corrected chi connectivity index (χ1v) is 7.20. The van der Waals surface area contributed by atoms with Crippen molar-refractivity contribution in [1.82, 2.24) is 0 Å². The van der Waals surface area contributed by atoms with Crippen molar-refractivity contribution in [1.29, 1.82) is 0 Å². The van der Waals surface area contributed by atoms with E-state index in [0.29, 0.717) is 12.3 Å². The van der Waals surface area contributed by atoms with E-state index in [-0.39, 0.29) is 5.60 Å². The molecule has 0 aromatic heterocycles. The van der Waals surface area contributed by atoms with Crippen molar-refractivity contribution >= 4 is 0 Å². The second-order valence-electron chi connectivity index (χ2n) is 5.94. The van der Waals surface area contributed by atoms with Gasteiger partial charge in [-0.05, 0) is 37.3 Å². The van der Waals surface area contributed by atoms with Gasteiger partial charge in [-0.1, -0.05) is 13.3 Å². The molecule has 2 aliphatic rings. The lowest BCUT2D eigenvalue weighted by atomic mass is 9.71. The summed E-state index contributed by atoms with van der Waals surface area (Å²) in [5, 5.41) is 10.4. The summed E-state index contributed by atoms with van der Waals surface area (Å²) in [5.74, 6) is 2.08. The van der Waals surface area contributed by atoms with Crippen LogP contribution in [0.3, 0.4) is 0 Å². The summed E-state index contributed by atoms with van der Waals surface area (Å²) in [6, 6.07) is 5.70. The van der Waals surface area contributed by atoms with Gasteiger partial charge in [-0.15, -0.1) is 0 Å². The third-order valence-electron chi connectivity index (χ3n) is 4.82. The highest BCUT2D eigenvalue weighted by molar-refractivity contribution is 5.44. The number of aliphatic hydroxyl groups excluding tert-OH is 1. The fraction of sp³-hybridized carbons (Fsp3) is 0.625. The number of rotatable bonds is 1. The molecule has 3 atom stereocenters. The van der Waals surface area contributed by atoms with E-state index in [2.05, 4.69) is 6.92 Å². The van der Waals surface area contributed by atoms with Crippen LogP contribution < -0.4 is 9.47 Å². The van der Waals surface area contributed by atoms with Crippen LogP contribution in [0.1, 0.15) is 50.7 Å². The Bertz CT molecular complexity index is 471. The number of hydrogen-bond acceptors (Lipinski definition) is 3. The first-order chi connectivity index (χ1) is 9.14. The minimum absolute atomic E-state index is 0.184. The molecule has 0 radical (unpaired) electrons. The van der Waals surface area contributed by atoms with Crippen LogP contribution in [-0.4, -0.2) is 17.8 Å². The van der Waals surface area contributed by atoms with Crippen molar-refractivity contribution in [3.05, 3.63) is 23.8 Å². The van der Waals surface area contributed by atoms with Gasteiger partial charge in [0, 0.05) is 18.1 Å². The first kappa shape index (κ1) is 12.8. The van der Waals surface area contributed by atoms with E-state index >= 15 is 0 Å². The Hall–Kier alpha value is -1.22. The van der Waals surface area contributed by atoms with E-state index in [9.17, 15) is 5.11 Å². The monoisotopic (exact) mass is 262 g/mol. The molecular weight excluding hydrogens is 240 g/mol. The molecule has 1 spiro atoms. The molecule has 104 valence electrons. The van der Waals surface area contributed by atoms with Crippen LogP contribution in [0.2, 0.25) is 0 Å². The maximum absolute atomic E-state index is 10.4. The summed E-state index contributed by atoms with van der Waals surface area (Å²) in [5.41, 5.74) is 0.709. The summed E-state index contributed by atoms with van der Waals surface area (Å²) in [6.45, 7) is 2.25. The first-order valence-electron chi connectivity index (χ1n) is 7.20. The topological polar surface area (TPSA) is 38.7 Å². The molecule has 1 saturated carbocycles. The molecule has 3 nitrogen and oxygen atoms in total. The van der Waals surface area contributed by atoms with Gasteiger partial charge in [0.1, 0.15) is 17.1 Å². The Balaban J connectivity index is 1.97. The van der Waals surface area contributed by atoms with E-state index < -0.39 is 6.10 Å². The highest BCUT2D eigenvalue weighted by Crippen LogP contribution is 2.49. The molecule has 19 heavy (non-hydrogen) atoms. The Kier molecular flexibility index (Phi) is 3.17. The maximum atomic E-state index is 10.4. The van der Waals surface area contributed by atoms with Crippen molar-refractivity contribution in [3.8, 4) is 11.5 Å². The van der Waals surface area contributed by atoms with Crippen LogP contribution >= 0.6 is 0 Å². The largest absolute Gasteiger partial charge is 0.497 e. The molecule has 3 rings (SSSR count). The summed E-state index contributed by atoms with van der Waals surface area (Å²) >= 11 is 0.